The quantitative estimate of drug-likeness (QED) is 0.909. The number of hydrogen-bond donors (Lipinski definition) is 2. The van der Waals surface area contributed by atoms with Gasteiger partial charge in [-0.1, -0.05) is 24.3 Å². The van der Waals surface area contributed by atoms with E-state index in [0.29, 0.717) is 10.9 Å². The molecule has 0 radical (unpaired) electrons. The van der Waals surface area contributed by atoms with Gasteiger partial charge in [0.25, 0.3) is 5.91 Å². The summed E-state index contributed by atoms with van der Waals surface area (Å²) in [5.74, 6) is -1.22. The fourth-order valence-corrected chi connectivity index (χ4v) is 2.88. The number of carboxylic acids is 1. The molecule has 0 bridgehead atoms. The molecule has 1 saturated carbocycles. The molecule has 0 heterocycles. The second kappa shape index (κ2) is 4.88. The van der Waals surface area contributed by atoms with Crippen molar-refractivity contribution >= 4 is 22.6 Å². The number of rotatable bonds is 3. The lowest BCUT2D eigenvalue weighted by molar-refractivity contribution is 0.0699. The Hall–Kier alpha value is -2.36. The molecule has 1 fully saturated rings. The molecule has 0 spiro atoms. The van der Waals surface area contributed by atoms with E-state index in [1.165, 1.54) is 6.07 Å². The van der Waals surface area contributed by atoms with Crippen LogP contribution in [0.1, 0.15) is 46.9 Å². The van der Waals surface area contributed by atoms with Crippen molar-refractivity contribution in [1.82, 2.24) is 5.32 Å². The van der Waals surface area contributed by atoms with E-state index in [4.69, 9.17) is 0 Å². The Kier molecular flexibility index (Phi) is 3.16. The van der Waals surface area contributed by atoms with Crippen molar-refractivity contribution in [3.05, 3.63) is 47.5 Å². The summed E-state index contributed by atoms with van der Waals surface area (Å²) in [6.07, 6.45) is 3.05. The van der Waals surface area contributed by atoms with Crippen LogP contribution >= 0.6 is 0 Å². The van der Waals surface area contributed by atoms with Gasteiger partial charge in [0.2, 0.25) is 0 Å². The number of nitrogens with one attached hydrogen (secondary N) is 1. The van der Waals surface area contributed by atoms with Crippen LogP contribution in [-0.4, -0.2) is 22.5 Å². The summed E-state index contributed by atoms with van der Waals surface area (Å²) in [5.41, 5.74) is 0.438. The number of carboxylic acid groups (broad SMARTS) is 1. The zero-order valence-electron chi connectivity index (χ0n) is 11.8. The van der Waals surface area contributed by atoms with E-state index in [0.717, 1.165) is 24.6 Å². The van der Waals surface area contributed by atoms with Crippen LogP contribution in [-0.2, 0) is 0 Å². The molecule has 1 aliphatic carbocycles. The van der Waals surface area contributed by atoms with Gasteiger partial charge >= 0.3 is 5.97 Å². The summed E-state index contributed by atoms with van der Waals surface area (Å²) >= 11 is 0. The van der Waals surface area contributed by atoms with Gasteiger partial charge in [0, 0.05) is 16.5 Å². The monoisotopic (exact) mass is 283 g/mol. The number of aromatic carboxylic acids is 1. The van der Waals surface area contributed by atoms with Gasteiger partial charge in [-0.2, -0.15) is 0 Å². The first-order valence-electron chi connectivity index (χ1n) is 7.08. The van der Waals surface area contributed by atoms with Gasteiger partial charge in [0.05, 0.1) is 5.56 Å². The summed E-state index contributed by atoms with van der Waals surface area (Å²) in [7, 11) is 0. The molecular formula is C17H17NO3. The Balaban J connectivity index is 2.09. The molecule has 3 rings (SSSR count). The lowest BCUT2D eigenvalue weighted by Crippen LogP contribution is -2.51. The third-order valence-corrected chi connectivity index (χ3v) is 4.25. The maximum Gasteiger partial charge on any atom is 0.336 e. The van der Waals surface area contributed by atoms with Crippen LogP contribution in [0.2, 0.25) is 0 Å². The first-order valence-corrected chi connectivity index (χ1v) is 7.08. The number of amides is 1. The van der Waals surface area contributed by atoms with Gasteiger partial charge in [-0.3, -0.25) is 4.79 Å². The Bertz CT molecular complexity index is 727. The first-order chi connectivity index (χ1) is 10.0. The molecule has 0 saturated heterocycles. The lowest BCUT2D eigenvalue weighted by atomic mass is 9.78. The van der Waals surface area contributed by atoms with Crippen molar-refractivity contribution in [2.45, 2.75) is 31.7 Å². The van der Waals surface area contributed by atoms with Gasteiger partial charge in [-0.05, 0) is 43.7 Å². The van der Waals surface area contributed by atoms with Crippen LogP contribution in [0, 0.1) is 0 Å². The van der Waals surface area contributed by atoms with Gasteiger partial charge in [-0.25, -0.2) is 4.79 Å². The van der Waals surface area contributed by atoms with E-state index in [-0.39, 0.29) is 17.0 Å². The van der Waals surface area contributed by atoms with Crippen LogP contribution in [0.15, 0.2) is 36.4 Å². The SMILES string of the molecule is CC1(NC(=O)c2cccc3cccc(C(=O)O)c23)CCC1. The third-order valence-electron chi connectivity index (χ3n) is 4.25. The first kappa shape index (κ1) is 13.6. The van der Waals surface area contributed by atoms with Crippen molar-refractivity contribution in [2.24, 2.45) is 0 Å². The number of carbonyl (C=O) groups is 2. The molecule has 2 aromatic rings. The summed E-state index contributed by atoms with van der Waals surface area (Å²) in [6.45, 7) is 2.03. The zero-order chi connectivity index (χ0) is 15.0. The smallest absolute Gasteiger partial charge is 0.336 e. The van der Waals surface area contributed by atoms with Crippen LogP contribution in [0.5, 0.6) is 0 Å². The van der Waals surface area contributed by atoms with E-state index in [1.54, 1.807) is 18.2 Å². The van der Waals surface area contributed by atoms with Crippen molar-refractivity contribution in [2.75, 3.05) is 0 Å². The Morgan fingerprint density at radius 2 is 1.71 bits per heavy atom. The minimum Gasteiger partial charge on any atom is -0.478 e. The molecule has 0 atom stereocenters. The van der Waals surface area contributed by atoms with Crippen molar-refractivity contribution in [1.29, 1.82) is 0 Å². The highest BCUT2D eigenvalue weighted by Gasteiger charge is 2.33. The molecule has 2 N–H and O–H groups in total. The highest BCUT2D eigenvalue weighted by molar-refractivity contribution is 6.14. The van der Waals surface area contributed by atoms with Crippen LogP contribution in [0.4, 0.5) is 0 Å². The molecule has 1 aliphatic rings. The maximum atomic E-state index is 12.5. The van der Waals surface area contributed by atoms with Crippen molar-refractivity contribution in [3.8, 4) is 0 Å². The molecule has 4 nitrogen and oxygen atoms in total. The molecular weight excluding hydrogens is 266 g/mol. The fourth-order valence-electron chi connectivity index (χ4n) is 2.88. The standard InChI is InChI=1S/C17H17NO3/c1-17(9-4-10-17)18-15(19)12-7-2-5-11-6-3-8-13(14(11)12)16(20)21/h2-3,5-8H,4,9-10H2,1H3,(H,18,19)(H,20,21). The largest absolute Gasteiger partial charge is 0.478 e. The van der Waals surface area contributed by atoms with Gasteiger partial charge in [-0.15, -0.1) is 0 Å². The molecule has 108 valence electrons. The number of carbonyl (C=O) groups excluding carboxylic acids is 1. The van der Waals surface area contributed by atoms with E-state index in [1.807, 2.05) is 19.1 Å². The molecule has 1 amide bonds. The number of fused-ring (bicyclic) bond motifs is 1. The normalized spacial score (nSPS) is 16.2. The molecule has 0 aliphatic heterocycles. The summed E-state index contributed by atoms with van der Waals surface area (Å²) in [4.78, 5) is 23.9. The van der Waals surface area contributed by atoms with Crippen molar-refractivity contribution in [3.63, 3.8) is 0 Å². The third kappa shape index (κ3) is 2.37. The maximum absolute atomic E-state index is 12.5. The summed E-state index contributed by atoms with van der Waals surface area (Å²) in [6, 6.07) is 10.3. The number of hydrogen-bond acceptors (Lipinski definition) is 2. The second-order valence-corrected chi connectivity index (χ2v) is 5.88. The number of benzene rings is 2. The van der Waals surface area contributed by atoms with Crippen LogP contribution in [0.25, 0.3) is 10.8 Å². The average molecular weight is 283 g/mol. The Morgan fingerprint density at radius 3 is 2.24 bits per heavy atom. The van der Waals surface area contributed by atoms with E-state index < -0.39 is 5.97 Å². The molecule has 4 heteroatoms. The van der Waals surface area contributed by atoms with Crippen molar-refractivity contribution < 1.29 is 14.7 Å². The molecule has 21 heavy (non-hydrogen) atoms. The predicted octanol–water partition coefficient (Wildman–Crippen LogP) is 3.21. The molecule has 2 aromatic carbocycles. The fraction of sp³-hybridized carbons (Fsp3) is 0.294. The topological polar surface area (TPSA) is 66.4 Å². The summed E-state index contributed by atoms with van der Waals surface area (Å²) in [5, 5.41) is 13.7. The van der Waals surface area contributed by atoms with E-state index in [9.17, 15) is 14.7 Å². The minimum atomic E-state index is -1.02. The predicted molar refractivity (Wildman–Crippen MR) is 80.6 cm³/mol. The lowest BCUT2D eigenvalue weighted by Gasteiger charge is -2.39. The summed E-state index contributed by atoms with van der Waals surface area (Å²) < 4.78 is 0. The highest BCUT2D eigenvalue weighted by Crippen LogP contribution is 2.32. The van der Waals surface area contributed by atoms with Gasteiger partial charge in [0.15, 0.2) is 0 Å². The van der Waals surface area contributed by atoms with Gasteiger partial charge in [0.1, 0.15) is 0 Å². The Labute approximate surface area is 122 Å². The van der Waals surface area contributed by atoms with Crippen LogP contribution in [0.3, 0.4) is 0 Å². The van der Waals surface area contributed by atoms with E-state index >= 15 is 0 Å². The molecule has 0 unspecified atom stereocenters. The van der Waals surface area contributed by atoms with E-state index in [2.05, 4.69) is 5.32 Å². The van der Waals surface area contributed by atoms with Crippen LogP contribution < -0.4 is 5.32 Å². The second-order valence-electron chi connectivity index (χ2n) is 5.88. The minimum absolute atomic E-state index is 0.155. The average Bonchev–Trinajstić information content (AvgIpc) is 2.44. The molecule has 0 aromatic heterocycles. The zero-order valence-corrected chi connectivity index (χ0v) is 11.8. The Morgan fingerprint density at radius 1 is 1.10 bits per heavy atom. The highest BCUT2D eigenvalue weighted by atomic mass is 16.4. The van der Waals surface area contributed by atoms with Gasteiger partial charge < -0.3 is 10.4 Å².